The predicted octanol–water partition coefficient (Wildman–Crippen LogP) is 0.835. The summed E-state index contributed by atoms with van der Waals surface area (Å²) in [6, 6.07) is 9.43. The summed E-state index contributed by atoms with van der Waals surface area (Å²) in [5.41, 5.74) is 0. The van der Waals surface area contributed by atoms with Gasteiger partial charge < -0.3 is 15.0 Å². The Labute approximate surface area is 146 Å². The zero-order chi connectivity index (χ0) is 16.8. The quantitative estimate of drug-likeness (QED) is 0.824. The summed E-state index contributed by atoms with van der Waals surface area (Å²) >= 11 is 1.74. The molecule has 2 amide bonds. The number of thioether (sulfide) groups is 1. The molecule has 0 aliphatic carbocycles. The molecule has 0 aromatic heterocycles. The van der Waals surface area contributed by atoms with Crippen molar-refractivity contribution in [3.63, 3.8) is 0 Å². The number of benzene rings is 1. The molecule has 1 atom stereocenters. The fourth-order valence-corrected chi connectivity index (χ4v) is 3.83. The zero-order valence-corrected chi connectivity index (χ0v) is 14.4. The van der Waals surface area contributed by atoms with Gasteiger partial charge in [0.15, 0.2) is 6.61 Å². The summed E-state index contributed by atoms with van der Waals surface area (Å²) in [6.07, 6.45) is 1.59. The van der Waals surface area contributed by atoms with Crippen LogP contribution in [0, 0.1) is 0 Å². The van der Waals surface area contributed by atoms with Gasteiger partial charge in [0, 0.05) is 30.8 Å². The van der Waals surface area contributed by atoms with Crippen LogP contribution >= 0.6 is 11.8 Å². The number of piperidine rings is 1. The maximum absolute atomic E-state index is 12.2. The van der Waals surface area contributed by atoms with Crippen molar-refractivity contribution in [3.05, 3.63) is 30.3 Å². The Hall–Kier alpha value is -1.73. The molecule has 6 nitrogen and oxygen atoms in total. The van der Waals surface area contributed by atoms with Crippen molar-refractivity contribution in [2.75, 3.05) is 31.3 Å². The molecule has 0 bridgehead atoms. The smallest absolute Gasteiger partial charge is 0.260 e. The van der Waals surface area contributed by atoms with Gasteiger partial charge in [-0.15, -0.1) is 11.8 Å². The van der Waals surface area contributed by atoms with E-state index in [9.17, 15) is 9.59 Å². The van der Waals surface area contributed by atoms with E-state index in [-0.39, 0.29) is 30.5 Å². The van der Waals surface area contributed by atoms with Crippen molar-refractivity contribution >= 4 is 23.6 Å². The van der Waals surface area contributed by atoms with E-state index in [1.165, 1.54) is 0 Å². The van der Waals surface area contributed by atoms with E-state index in [0.717, 1.165) is 24.5 Å². The number of carbonyl (C=O) groups is 2. The number of nitrogens with zero attached hydrogens (tertiary/aromatic N) is 1. The van der Waals surface area contributed by atoms with Crippen molar-refractivity contribution in [2.24, 2.45) is 0 Å². The number of carbonyl (C=O) groups excluding carboxylic acids is 2. The molecule has 2 saturated heterocycles. The Morgan fingerprint density at radius 1 is 1.25 bits per heavy atom. The van der Waals surface area contributed by atoms with E-state index in [1.54, 1.807) is 11.8 Å². The van der Waals surface area contributed by atoms with E-state index >= 15 is 0 Å². The van der Waals surface area contributed by atoms with Crippen LogP contribution in [0.1, 0.15) is 12.8 Å². The Bertz CT molecular complexity index is 555. The van der Waals surface area contributed by atoms with Crippen LogP contribution in [-0.4, -0.2) is 60.1 Å². The molecule has 1 aromatic rings. The predicted molar refractivity (Wildman–Crippen MR) is 93.9 cm³/mol. The number of ether oxygens (including phenoxy) is 1. The number of amides is 2. The van der Waals surface area contributed by atoms with E-state index in [4.69, 9.17) is 4.74 Å². The minimum absolute atomic E-state index is 0.00232. The second kappa shape index (κ2) is 8.39. The van der Waals surface area contributed by atoms with Gasteiger partial charge in [0.25, 0.3) is 5.91 Å². The maximum Gasteiger partial charge on any atom is 0.260 e. The number of para-hydroxylation sites is 1. The largest absolute Gasteiger partial charge is 0.484 e. The summed E-state index contributed by atoms with van der Waals surface area (Å²) in [6.45, 7) is 1.38. The maximum atomic E-state index is 12.2. The van der Waals surface area contributed by atoms with Crippen LogP contribution in [0.2, 0.25) is 0 Å². The first-order valence-corrected chi connectivity index (χ1v) is 9.45. The molecule has 2 heterocycles. The minimum Gasteiger partial charge on any atom is -0.484 e. The molecule has 2 aliphatic heterocycles. The molecule has 2 fully saturated rings. The third kappa shape index (κ3) is 4.64. The minimum atomic E-state index is -0.0751. The molecule has 2 aliphatic rings. The number of nitrogens with one attached hydrogen (secondary N) is 2. The van der Waals surface area contributed by atoms with Crippen LogP contribution in [0.3, 0.4) is 0 Å². The highest BCUT2D eigenvalue weighted by Crippen LogP contribution is 2.14. The molecule has 0 saturated carbocycles. The van der Waals surface area contributed by atoms with Gasteiger partial charge in [0.05, 0.1) is 6.04 Å². The van der Waals surface area contributed by atoms with Gasteiger partial charge >= 0.3 is 0 Å². The fourth-order valence-electron chi connectivity index (χ4n) is 2.89. The summed E-state index contributed by atoms with van der Waals surface area (Å²) in [5.74, 6) is 2.46. The first-order chi connectivity index (χ1) is 11.7. The van der Waals surface area contributed by atoms with Crippen molar-refractivity contribution in [2.45, 2.75) is 24.9 Å². The molecule has 130 valence electrons. The number of rotatable bonds is 5. The topological polar surface area (TPSA) is 70.7 Å². The molecule has 24 heavy (non-hydrogen) atoms. The van der Waals surface area contributed by atoms with E-state index < -0.39 is 0 Å². The molecule has 1 aromatic carbocycles. The lowest BCUT2D eigenvalue weighted by Gasteiger charge is -2.32. The SMILES string of the molecule is O=C(NC1CCN(C(=O)COc2ccccc2)CC1)C1CSCN1. The number of likely N-dealkylation sites (tertiary alicyclic amines) is 1. The van der Waals surface area contributed by atoms with Gasteiger partial charge in [0.1, 0.15) is 5.75 Å². The lowest BCUT2D eigenvalue weighted by Crippen LogP contribution is -2.51. The number of hydrogen-bond acceptors (Lipinski definition) is 5. The van der Waals surface area contributed by atoms with Gasteiger partial charge in [-0.2, -0.15) is 0 Å². The Morgan fingerprint density at radius 3 is 2.67 bits per heavy atom. The number of hydrogen-bond donors (Lipinski definition) is 2. The molecule has 0 spiro atoms. The van der Waals surface area contributed by atoms with Gasteiger partial charge in [-0.1, -0.05) is 18.2 Å². The standard InChI is InChI=1S/C17H23N3O3S/c21-16(10-23-14-4-2-1-3-5-14)20-8-6-13(7-9-20)19-17(22)15-11-24-12-18-15/h1-5,13,15,18H,6-12H2,(H,19,22). The van der Waals surface area contributed by atoms with Crippen LogP contribution < -0.4 is 15.4 Å². The van der Waals surface area contributed by atoms with Crippen LogP contribution in [0.5, 0.6) is 5.75 Å². The lowest BCUT2D eigenvalue weighted by atomic mass is 10.0. The Morgan fingerprint density at radius 2 is 2.00 bits per heavy atom. The monoisotopic (exact) mass is 349 g/mol. The zero-order valence-electron chi connectivity index (χ0n) is 13.6. The molecular formula is C17H23N3O3S. The van der Waals surface area contributed by atoms with Crippen molar-refractivity contribution in [3.8, 4) is 5.75 Å². The average Bonchev–Trinajstić information content (AvgIpc) is 3.16. The van der Waals surface area contributed by atoms with Gasteiger partial charge in [-0.05, 0) is 25.0 Å². The molecule has 0 radical (unpaired) electrons. The third-order valence-corrected chi connectivity index (χ3v) is 5.27. The van der Waals surface area contributed by atoms with Crippen LogP contribution in [-0.2, 0) is 9.59 Å². The highest BCUT2D eigenvalue weighted by Gasteiger charge is 2.28. The summed E-state index contributed by atoms with van der Waals surface area (Å²) in [5, 5.41) is 6.27. The van der Waals surface area contributed by atoms with Crippen molar-refractivity contribution in [1.82, 2.24) is 15.5 Å². The second-order valence-electron chi connectivity index (χ2n) is 6.04. The highest BCUT2D eigenvalue weighted by atomic mass is 32.2. The van der Waals surface area contributed by atoms with Gasteiger partial charge in [-0.25, -0.2) is 0 Å². The van der Waals surface area contributed by atoms with Crippen LogP contribution in [0.15, 0.2) is 30.3 Å². The molecule has 1 unspecified atom stereocenters. The van der Waals surface area contributed by atoms with E-state index in [1.807, 2.05) is 35.2 Å². The van der Waals surface area contributed by atoms with Crippen molar-refractivity contribution in [1.29, 1.82) is 0 Å². The summed E-state index contributed by atoms with van der Waals surface area (Å²) in [7, 11) is 0. The van der Waals surface area contributed by atoms with Crippen LogP contribution in [0.4, 0.5) is 0 Å². The molecule has 7 heteroatoms. The Balaban J connectivity index is 1.38. The van der Waals surface area contributed by atoms with E-state index in [2.05, 4.69) is 10.6 Å². The third-order valence-electron chi connectivity index (χ3n) is 4.33. The molecular weight excluding hydrogens is 326 g/mol. The fraction of sp³-hybridized carbons (Fsp3) is 0.529. The Kier molecular flexibility index (Phi) is 5.98. The van der Waals surface area contributed by atoms with E-state index in [0.29, 0.717) is 18.8 Å². The lowest BCUT2D eigenvalue weighted by molar-refractivity contribution is -0.134. The molecule has 2 N–H and O–H groups in total. The normalized spacial score (nSPS) is 21.5. The summed E-state index contributed by atoms with van der Waals surface area (Å²) < 4.78 is 5.51. The average molecular weight is 349 g/mol. The van der Waals surface area contributed by atoms with Gasteiger partial charge in [-0.3, -0.25) is 14.9 Å². The molecule has 3 rings (SSSR count). The second-order valence-corrected chi connectivity index (χ2v) is 7.07. The van der Waals surface area contributed by atoms with Crippen molar-refractivity contribution < 1.29 is 14.3 Å². The van der Waals surface area contributed by atoms with Crippen LogP contribution in [0.25, 0.3) is 0 Å². The first-order valence-electron chi connectivity index (χ1n) is 8.29. The summed E-state index contributed by atoms with van der Waals surface area (Å²) in [4.78, 5) is 26.1. The van der Waals surface area contributed by atoms with Gasteiger partial charge in [0.2, 0.25) is 5.91 Å². The highest BCUT2D eigenvalue weighted by molar-refractivity contribution is 7.99. The first kappa shape index (κ1) is 17.1.